The fraction of sp³-hybridized carbons (Fsp3) is 0.545. The largest absolute Gasteiger partial charge is 0.486 e. The van der Waals surface area contributed by atoms with Crippen LogP contribution in [0.4, 0.5) is 10.3 Å². The second kappa shape index (κ2) is 20.2. The lowest BCUT2D eigenvalue weighted by Crippen LogP contribution is -2.47. The Morgan fingerprint density at radius 1 is 0.516 bits per heavy atom. The van der Waals surface area contributed by atoms with Gasteiger partial charge in [-0.15, -0.1) is 0 Å². The van der Waals surface area contributed by atoms with Crippen molar-refractivity contribution in [1.29, 1.82) is 0 Å². The van der Waals surface area contributed by atoms with Gasteiger partial charge in [-0.3, -0.25) is 19.4 Å². The average Bonchev–Trinajstić information content (AvgIpc) is 4.06. The van der Waals surface area contributed by atoms with Crippen LogP contribution in [-0.2, 0) is 0 Å². The number of aromatic nitrogens is 2. The first kappa shape index (κ1) is 44.4. The summed E-state index contributed by atoms with van der Waals surface area (Å²) >= 11 is 2.92. The number of carbonyl (C=O) groups excluding carboxylic acids is 2. The number of hydrogen-bond acceptors (Lipinski definition) is 18. The van der Waals surface area contributed by atoms with E-state index >= 15 is 0 Å². The number of fused-ring (bicyclic) bond motifs is 2. The molecule has 18 nitrogen and oxygen atoms in total. The summed E-state index contributed by atoms with van der Waals surface area (Å²) in [7, 11) is 0. The molecule has 2 atom stereocenters. The van der Waals surface area contributed by atoms with Crippen molar-refractivity contribution in [3.8, 4) is 23.0 Å². The number of hydrogen-bond donors (Lipinski definition) is 2. The van der Waals surface area contributed by atoms with Gasteiger partial charge < -0.3 is 49.0 Å². The van der Waals surface area contributed by atoms with E-state index in [-0.39, 0.29) is 23.9 Å². The van der Waals surface area contributed by atoms with Gasteiger partial charge in [0.1, 0.15) is 36.2 Å². The van der Waals surface area contributed by atoms with Gasteiger partial charge in [0.15, 0.2) is 33.3 Å². The van der Waals surface area contributed by atoms with E-state index in [1.807, 2.05) is 12.1 Å². The van der Waals surface area contributed by atoms with Crippen LogP contribution in [0.3, 0.4) is 0 Å². The Kier molecular flexibility index (Phi) is 14.0. The van der Waals surface area contributed by atoms with Crippen LogP contribution in [0, 0.1) is 0 Å². The molecule has 20 heteroatoms. The van der Waals surface area contributed by atoms with Crippen LogP contribution in [0.2, 0.25) is 0 Å². The molecule has 8 heterocycles. The molecule has 4 aromatic rings. The van der Waals surface area contributed by atoms with E-state index < -0.39 is 0 Å². The lowest BCUT2D eigenvalue weighted by molar-refractivity contribution is -0.112. The first-order valence-electron chi connectivity index (χ1n) is 22.3. The first-order valence-corrected chi connectivity index (χ1v) is 23.9. The van der Waals surface area contributed by atoms with Crippen LogP contribution >= 0.6 is 22.7 Å². The summed E-state index contributed by atoms with van der Waals surface area (Å²) < 4.78 is 22.8. The predicted octanol–water partition coefficient (Wildman–Crippen LogP) is 3.89. The van der Waals surface area contributed by atoms with E-state index in [1.165, 1.54) is 43.9 Å². The van der Waals surface area contributed by atoms with E-state index in [2.05, 4.69) is 67.7 Å². The fourth-order valence-corrected chi connectivity index (χ4v) is 10.7. The molecule has 2 N–H and O–H groups in total. The molecule has 10 rings (SSSR count). The number of anilines is 2. The predicted molar refractivity (Wildman–Crippen MR) is 242 cm³/mol. The number of carbonyl (C=O) groups is 2. The van der Waals surface area contributed by atoms with Crippen molar-refractivity contribution in [3.63, 3.8) is 0 Å². The Hall–Kier alpha value is -4.80. The normalized spacial score (nSPS) is 20.9. The number of hydroxylamine groups is 4. The Morgan fingerprint density at radius 3 is 1.25 bits per heavy atom. The van der Waals surface area contributed by atoms with E-state index in [0.29, 0.717) is 88.5 Å². The molecular weight excluding hydrogens is 861 g/mol. The minimum absolute atomic E-state index is 0.00714. The van der Waals surface area contributed by atoms with Crippen molar-refractivity contribution in [2.45, 2.75) is 25.9 Å². The van der Waals surface area contributed by atoms with Crippen molar-refractivity contribution in [3.05, 3.63) is 69.7 Å². The van der Waals surface area contributed by atoms with Crippen molar-refractivity contribution in [2.24, 2.45) is 0 Å². The lowest BCUT2D eigenvalue weighted by Gasteiger charge is -2.38. The van der Waals surface area contributed by atoms with Crippen LogP contribution in [0.15, 0.2) is 48.8 Å². The Bertz CT molecular complexity index is 2060. The molecule has 6 aliphatic rings. The summed E-state index contributed by atoms with van der Waals surface area (Å²) in [4.78, 5) is 48.9. The van der Waals surface area contributed by atoms with Gasteiger partial charge in [0.25, 0.3) is 11.8 Å². The molecule has 4 fully saturated rings. The molecule has 2 aromatic heterocycles. The van der Waals surface area contributed by atoms with Gasteiger partial charge in [0, 0.05) is 117 Å². The molecular formula is C44H58N10O8S2. The molecule has 0 unspecified atom stereocenters. The van der Waals surface area contributed by atoms with E-state index in [9.17, 15) is 20.0 Å². The fourth-order valence-electron chi connectivity index (χ4n) is 8.79. The van der Waals surface area contributed by atoms with E-state index in [1.54, 1.807) is 22.2 Å². The molecule has 0 radical (unpaired) electrons. The summed E-state index contributed by atoms with van der Waals surface area (Å²) in [6.07, 6.45) is 3.38. The summed E-state index contributed by atoms with van der Waals surface area (Å²) in [6, 6.07) is 13.0. The average molecular weight is 919 g/mol. The molecule has 344 valence electrons. The van der Waals surface area contributed by atoms with E-state index in [4.69, 9.17) is 18.9 Å². The van der Waals surface area contributed by atoms with Gasteiger partial charge in [-0.2, -0.15) is 10.1 Å². The molecule has 4 saturated heterocycles. The summed E-state index contributed by atoms with van der Waals surface area (Å²) in [5, 5.41) is 23.3. The van der Waals surface area contributed by atoms with Crippen molar-refractivity contribution in [2.75, 3.05) is 141 Å². The number of rotatable bonds is 8. The summed E-state index contributed by atoms with van der Waals surface area (Å²) in [5.41, 5.74) is 2.46. The Labute approximate surface area is 381 Å². The van der Waals surface area contributed by atoms with Crippen LogP contribution in [-0.4, -0.2) is 193 Å². The van der Waals surface area contributed by atoms with Crippen LogP contribution in [0.1, 0.15) is 56.4 Å². The highest BCUT2D eigenvalue weighted by molar-refractivity contribution is 7.17. The molecule has 2 aromatic carbocycles. The maximum atomic E-state index is 12.8. The zero-order valence-corrected chi connectivity index (χ0v) is 38.2. The van der Waals surface area contributed by atoms with Gasteiger partial charge >= 0.3 is 0 Å². The Balaban J connectivity index is 0.000000162. The molecule has 0 saturated carbocycles. The molecule has 6 aliphatic heterocycles. The third-order valence-corrected chi connectivity index (χ3v) is 14.9. The quantitative estimate of drug-likeness (QED) is 0.262. The number of nitrogens with zero attached hydrogens (tertiary/aromatic N) is 10. The summed E-state index contributed by atoms with van der Waals surface area (Å²) in [5.74, 6) is 3.33. The second-order valence-electron chi connectivity index (χ2n) is 16.7. The van der Waals surface area contributed by atoms with Crippen molar-refractivity contribution < 1.29 is 39.0 Å². The second-order valence-corrected chi connectivity index (χ2v) is 18.7. The standard InChI is InChI=1S/2C22H29N5O4S/c2*1-16(17-2-3-18-19(14-17)31-13-12-30-18)24-4-6-26(7-5-24)22-23-15-20(32-22)21(28)25-8-10-27(29)11-9-25/h2*2-3,14-16,29H,4-13H2,1H3/t2*16-/m10/s1. The third-order valence-electron chi connectivity index (χ3n) is 12.9. The molecule has 2 amide bonds. The number of piperazine rings is 4. The SMILES string of the molecule is C[C@@H](c1ccc2c(c1)OCCO2)N1CCN(c2ncc(C(=O)N3CCN(O)CC3)s2)CC1.C[C@H](c1ccc2c(c1)OCCO2)N1CCN(c2ncc(C(=O)N3CCN(O)CC3)s2)CC1. The van der Waals surface area contributed by atoms with Crippen molar-refractivity contribution >= 4 is 44.8 Å². The summed E-state index contributed by atoms with van der Waals surface area (Å²) in [6.45, 7) is 18.2. The van der Waals surface area contributed by atoms with Crippen molar-refractivity contribution in [1.82, 2.24) is 39.7 Å². The minimum atomic E-state index is 0.00714. The highest BCUT2D eigenvalue weighted by Crippen LogP contribution is 2.36. The Morgan fingerprint density at radius 2 is 0.875 bits per heavy atom. The van der Waals surface area contributed by atoms with Crippen LogP contribution < -0.4 is 28.7 Å². The maximum Gasteiger partial charge on any atom is 0.265 e. The number of ether oxygens (including phenoxy) is 4. The molecule has 0 bridgehead atoms. The van der Waals surface area contributed by atoms with Crippen LogP contribution in [0.5, 0.6) is 23.0 Å². The van der Waals surface area contributed by atoms with E-state index in [0.717, 1.165) is 85.6 Å². The molecule has 0 spiro atoms. The van der Waals surface area contributed by atoms with Gasteiger partial charge in [0.05, 0.1) is 12.4 Å². The van der Waals surface area contributed by atoms with Gasteiger partial charge in [-0.1, -0.05) is 34.8 Å². The number of thiazole rings is 2. The lowest BCUT2D eigenvalue weighted by atomic mass is 10.1. The van der Waals surface area contributed by atoms with Crippen LogP contribution in [0.25, 0.3) is 0 Å². The van der Waals surface area contributed by atoms with Gasteiger partial charge in [-0.25, -0.2) is 9.97 Å². The highest BCUT2D eigenvalue weighted by Gasteiger charge is 2.30. The van der Waals surface area contributed by atoms with Gasteiger partial charge in [0.2, 0.25) is 0 Å². The zero-order valence-electron chi connectivity index (χ0n) is 36.5. The monoisotopic (exact) mass is 918 g/mol. The smallest absolute Gasteiger partial charge is 0.265 e. The minimum Gasteiger partial charge on any atom is -0.486 e. The maximum absolute atomic E-state index is 12.8. The topological polar surface area (TPSA) is 163 Å². The highest BCUT2D eigenvalue weighted by atomic mass is 32.1. The number of amides is 2. The molecule has 0 aliphatic carbocycles. The zero-order chi connectivity index (χ0) is 44.2. The van der Waals surface area contributed by atoms with Gasteiger partial charge in [-0.05, 0) is 49.2 Å². The third kappa shape index (κ3) is 10.2. The molecule has 64 heavy (non-hydrogen) atoms. The number of benzene rings is 2. The first-order chi connectivity index (χ1) is 31.2.